The minimum Gasteiger partial charge on any atom is -0.497 e. The number of methoxy groups -OCH3 is 1. The predicted octanol–water partition coefficient (Wildman–Crippen LogP) is 2.86. The Hall–Kier alpha value is -3.02. The molecule has 2 aromatic rings. The van der Waals surface area contributed by atoms with E-state index in [9.17, 15) is 9.59 Å². The van der Waals surface area contributed by atoms with Gasteiger partial charge < -0.3 is 19.9 Å². The quantitative estimate of drug-likeness (QED) is 0.698. The lowest BCUT2D eigenvalue weighted by molar-refractivity contribution is -0.126. The highest BCUT2D eigenvalue weighted by atomic mass is 16.5. The van der Waals surface area contributed by atoms with Crippen molar-refractivity contribution in [1.82, 2.24) is 5.32 Å². The lowest BCUT2D eigenvalue weighted by Gasteiger charge is -2.17. The highest BCUT2D eigenvalue weighted by Gasteiger charge is 2.34. The maximum atomic E-state index is 12.5. The molecule has 0 aliphatic carbocycles. The van der Waals surface area contributed by atoms with Gasteiger partial charge in [-0.2, -0.15) is 0 Å². The Bertz CT molecular complexity index is 831. The van der Waals surface area contributed by atoms with Crippen molar-refractivity contribution in [3.05, 3.63) is 54.1 Å². The van der Waals surface area contributed by atoms with Crippen LogP contribution >= 0.6 is 0 Å². The van der Waals surface area contributed by atoms with Crippen LogP contribution in [-0.2, 0) is 16.0 Å². The van der Waals surface area contributed by atoms with E-state index in [0.29, 0.717) is 13.1 Å². The predicted molar refractivity (Wildman–Crippen MR) is 116 cm³/mol. The fraction of sp³-hybridized carbons (Fsp3) is 0.391. The molecule has 1 saturated heterocycles. The molecule has 0 bridgehead atoms. The normalized spacial score (nSPS) is 16.0. The first-order valence-electron chi connectivity index (χ1n) is 9.96. The monoisotopic (exact) mass is 395 g/mol. The van der Waals surface area contributed by atoms with Crippen molar-refractivity contribution in [3.8, 4) is 5.75 Å². The Balaban J connectivity index is 1.44. The van der Waals surface area contributed by atoms with E-state index in [0.717, 1.165) is 24.3 Å². The number of benzene rings is 2. The molecule has 0 radical (unpaired) electrons. The van der Waals surface area contributed by atoms with Gasteiger partial charge in [-0.15, -0.1) is 0 Å². The molecule has 29 heavy (non-hydrogen) atoms. The van der Waals surface area contributed by atoms with E-state index in [1.807, 2.05) is 38.4 Å². The summed E-state index contributed by atoms with van der Waals surface area (Å²) < 4.78 is 5.15. The number of ether oxygens (including phenoxy) is 1. The number of nitrogens with zero attached hydrogens (tertiary/aromatic N) is 2. The average Bonchev–Trinajstić information content (AvgIpc) is 3.13. The van der Waals surface area contributed by atoms with Crippen molar-refractivity contribution < 1.29 is 14.3 Å². The van der Waals surface area contributed by atoms with E-state index in [1.165, 1.54) is 11.3 Å². The Morgan fingerprint density at radius 2 is 1.83 bits per heavy atom. The van der Waals surface area contributed by atoms with Gasteiger partial charge in [0.1, 0.15) is 5.75 Å². The molecule has 1 aliphatic heterocycles. The highest BCUT2D eigenvalue weighted by Crippen LogP contribution is 2.26. The summed E-state index contributed by atoms with van der Waals surface area (Å²) in [6.45, 7) is 1.03. The molecule has 1 heterocycles. The summed E-state index contributed by atoms with van der Waals surface area (Å²) in [5.74, 6) is 0.378. The first-order chi connectivity index (χ1) is 14.0. The Morgan fingerprint density at radius 1 is 1.14 bits per heavy atom. The van der Waals surface area contributed by atoms with Gasteiger partial charge in [0, 0.05) is 45.0 Å². The summed E-state index contributed by atoms with van der Waals surface area (Å²) in [6, 6.07) is 15.8. The molecule has 1 aliphatic rings. The minimum absolute atomic E-state index is 0.0173. The van der Waals surface area contributed by atoms with E-state index in [4.69, 9.17) is 4.74 Å². The number of hydrogen-bond acceptors (Lipinski definition) is 4. The minimum atomic E-state index is -0.302. The van der Waals surface area contributed by atoms with Crippen LogP contribution in [0.3, 0.4) is 0 Å². The zero-order valence-electron chi connectivity index (χ0n) is 17.4. The zero-order chi connectivity index (χ0) is 20.8. The van der Waals surface area contributed by atoms with Gasteiger partial charge in [-0.3, -0.25) is 9.59 Å². The van der Waals surface area contributed by atoms with Crippen LogP contribution in [0.4, 0.5) is 11.4 Å². The van der Waals surface area contributed by atoms with Gasteiger partial charge in [-0.1, -0.05) is 12.1 Å². The third kappa shape index (κ3) is 5.28. The van der Waals surface area contributed by atoms with Crippen LogP contribution in [0.5, 0.6) is 5.75 Å². The summed E-state index contributed by atoms with van der Waals surface area (Å²) in [6.07, 6.45) is 2.04. The molecule has 2 aromatic carbocycles. The van der Waals surface area contributed by atoms with Crippen LogP contribution in [-0.4, -0.2) is 46.1 Å². The standard InChI is InChI=1S/C23H29N3O3/c1-25(2)19-8-6-17(7-9-19)5-4-14-24-23(28)18-15-22(27)26(16-18)20-10-12-21(29-3)13-11-20/h6-13,18H,4-5,14-16H2,1-3H3,(H,24,28). The lowest BCUT2D eigenvalue weighted by Crippen LogP contribution is -2.33. The summed E-state index contributed by atoms with van der Waals surface area (Å²) in [5, 5.41) is 2.99. The Kier molecular flexibility index (Phi) is 6.75. The van der Waals surface area contributed by atoms with Gasteiger partial charge in [0.2, 0.25) is 11.8 Å². The second-order valence-corrected chi connectivity index (χ2v) is 7.56. The number of hydrogen-bond donors (Lipinski definition) is 1. The number of nitrogens with one attached hydrogen (secondary N) is 1. The third-order valence-electron chi connectivity index (χ3n) is 5.27. The summed E-state index contributed by atoms with van der Waals surface area (Å²) in [5.41, 5.74) is 3.23. The van der Waals surface area contributed by atoms with Gasteiger partial charge in [0.25, 0.3) is 0 Å². The molecule has 2 amide bonds. The van der Waals surface area contributed by atoms with Gasteiger partial charge in [-0.05, 0) is 54.8 Å². The molecule has 0 spiro atoms. The maximum absolute atomic E-state index is 12.5. The number of anilines is 2. The Labute approximate surface area is 172 Å². The molecule has 0 saturated carbocycles. The number of aryl methyl sites for hydroxylation is 1. The van der Waals surface area contributed by atoms with Crippen LogP contribution in [0.1, 0.15) is 18.4 Å². The van der Waals surface area contributed by atoms with Crippen molar-refractivity contribution >= 4 is 23.2 Å². The lowest BCUT2D eigenvalue weighted by atomic mass is 10.1. The summed E-state index contributed by atoms with van der Waals surface area (Å²) >= 11 is 0. The first kappa shape index (κ1) is 20.7. The van der Waals surface area contributed by atoms with E-state index in [2.05, 4.69) is 34.5 Å². The van der Waals surface area contributed by atoms with Crippen LogP contribution in [0.25, 0.3) is 0 Å². The number of carbonyl (C=O) groups excluding carboxylic acids is 2. The van der Waals surface area contributed by atoms with Crippen molar-refractivity contribution in [3.63, 3.8) is 0 Å². The topological polar surface area (TPSA) is 61.9 Å². The Morgan fingerprint density at radius 3 is 2.45 bits per heavy atom. The third-order valence-corrected chi connectivity index (χ3v) is 5.27. The summed E-state index contributed by atoms with van der Waals surface area (Å²) in [7, 11) is 5.65. The molecule has 0 aromatic heterocycles. The van der Waals surface area contributed by atoms with Crippen molar-refractivity contribution in [2.45, 2.75) is 19.3 Å². The van der Waals surface area contributed by atoms with Crippen LogP contribution in [0.2, 0.25) is 0 Å². The second kappa shape index (κ2) is 9.45. The number of amides is 2. The number of rotatable bonds is 8. The molecule has 154 valence electrons. The molecule has 1 N–H and O–H groups in total. The molecule has 1 fully saturated rings. The van der Waals surface area contributed by atoms with E-state index < -0.39 is 0 Å². The van der Waals surface area contributed by atoms with Crippen LogP contribution in [0, 0.1) is 5.92 Å². The molecular weight excluding hydrogens is 366 g/mol. The van der Waals surface area contributed by atoms with E-state index >= 15 is 0 Å². The zero-order valence-corrected chi connectivity index (χ0v) is 17.4. The molecule has 3 rings (SSSR count). The number of carbonyl (C=O) groups is 2. The molecule has 6 heteroatoms. The fourth-order valence-corrected chi connectivity index (χ4v) is 3.50. The summed E-state index contributed by atoms with van der Waals surface area (Å²) in [4.78, 5) is 28.6. The first-order valence-corrected chi connectivity index (χ1v) is 9.96. The van der Waals surface area contributed by atoms with E-state index in [-0.39, 0.29) is 24.2 Å². The average molecular weight is 396 g/mol. The smallest absolute Gasteiger partial charge is 0.227 e. The van der Waals surface area contributed by atoms with Crippen molar-refractivity contribution in [2.75, 3.05) is 44.1 Å². The largest absolute Gasteiger partial charge is 0.497 e. The van der Waals surface area contributed by atoms with Gasteiger partial charge in [0.05, 0.1) is 13.0 Å². The van der Waals surface area contributed by atoms with Crippen LogP contribution in [0.15, 0.2) is 48.5 Å². The second-order valence-electron chi connectivity index (χ2n) is 7.56. The van der Waals surface area contributed by atoms with Gasteiger partial charge in [0.15, 0.2) is 0 Å². The van der Waals surface area contributed by atoms with Crippen molar-refractivity contribution in [2.24, 2.45) is 5.92 Å². The van der Waals surface area contributed by atoms with Gasteiger partial charge in [-0.25, -0.2) is 0 Å². The van der Waals surface area contributed by atoms with Crippen LogP contribution < -0.4 is 19.9 Å². The SMILES string of the molecule is COc1ccc(N2CC(C(=O)NCCCc3ccc(N(C)C)cc3)CC2=O)cc1. The van der Waals surface area contributed by atoms with E-state index in [1.54, 1.807) is 12.0 Å². The molecule has 1 unspecified atom stereocenters. The maximum Gasteiger partial charge on any atom is 0.227 e. The highest BCUT2D eigenvalue weighted by molar-refractivity contribution is 6.00. The molecular formula is C23H29N3O3. The van der Waals surface area contributed by atoms with Gasteiger partial charge >= 0.3 is 0 Å². The van der Waals surface area contributed by atoms with Crippen molar-refractivity contribution in [1.29, 1.82) is 0 Å². The fourth-order valence-electron chi connectivity index (χ4n) is 3.50. The molecule has 6 nitrogen and oxygen atoms in total. The molecule has 1 atom stereocenters.